The number of hydrogen-bond donors (Lipinski definition) is 0. The molecule has 0 saturated carbocycles. The highest BCUT2D eigenvalue weighted by atomic mass is 19.4. The van der Waals surface area contributed by atoms with Gasteiger partial charge in [-0.05, 0) is 36.3 Å². The van der Waals surface area contributed by atoms with Crippen LogP contribution >= 0.6 is 0 Å². The summed E-state index contributed by atoms with van der Waals surface area (Å²) in [5, 5.41) is 0. The van der Waals surface area contributed by atoms with Crippen LogP contribution in [0.1, 0.15) is 17.7 Å². The van der Waals surface area contributed by atoms with Gasteiger partial charge in [0.25, 0.3) is 5.91 Å². The molecule has 5 nitrogen and oxygen atoms in total. The molecule has 0 aliphatic carbocycles. The molecule has 9 heteroatoms. The number of hydrogen-bond acceptors (Lipinski definition) is 4. The van der Waals surface area contributed by atoms with E-state index in [1.54, 1.807) is 18.2 Å². The molecule has 3 heterocycles. The van der Waals surface area contributed by atoms with Gasteiger partial charge in [0.05, 0.1) is 6.20 Å². The van der Waals surface area contributed by atoms with E-state index in [1.807, 2.05) is 0 Å². The predicted molar refractivity (Wildman–Crippen MR) is 93.0 cm³/mol. The number of alkyl halides is 3. The largest absolute Gasteiger partial charge is 0.437 e. The van der Waals surface area contributed by atoms with Crippen molar-refractivity contribution in [1.29, 1.82) is 0 Å². The number of carbonyl (C=O) groups is 1. The number of pyridine rings is 2. The first kappa shape index (κ1) is 19.5. The van der Waals surface area contributed by atoms with Crippen LogP contribution in [0.5, 0.6) is 11.6 Å². The summed E-state index contributed by atoms with van der Waals surface area (Å²) >= 11 is 0. The second-order valence-electron chi connectivity index (χ2n) is 5.97. The fourth-order valence-electron chi connectivity index (χ4n) is 2.71. The van der Waals surface area contributed by atoms with Crippen LogP contribution in [0.4, 0.5) is 17.6 Å². The standard InChI is InChI=1S/C19H15F4N3O2/c1-12(20)18(27)26-9-6-13(7-10-26)15-3-2-8-24-17(15)28-14-4-5-16(25-11-14)19(21,22)23/h2-6,8,11H,1,7,9-10H2. The van der Waals surface area contributed by atoms with Crippen LogP contribution in [0.2, 0.25) is 0 Å². The van der Waals surface area contributed by atoms with E-state index in [9.17, 15) is 22.4 Å². The average molecular weight is 393 g/mol. The quantitative estimate of drug-likeness (QED) is 0.571. The van der Waals surface area contributed by atoms with Crippen molar-refractivity contribution in [3.63, 3.8) is 0 Å². The molecule has 0 aromatic carbocycles. The SMILES string of the molecule is C=C(F)C(=O)N1CC=C(c2cccnc2Oc2ccc(C(F)(F)F)nc2)CC1. The molecular formula is C19H15F4N3O2. The van der Waals surface area contributed by atoms with Gasteiger partial charge in [0.1, 0.15) is 11.4 Å². The molecular weight excluding hydrogens is 378 g/mol. The zero-order chi connectivity index (χ0) is 20.3. The molecule has 3 rings (SSSR count). The van der Waals surface area contributed by atoms with Crippen LogP contribution in [0, 0.1) is 0 Å². The minimum absolute atomic E-state index is 0.106. The Morgan fingerprint density at radius 2 is 2.00 bits per heavy atom. The summed E-state index contributed by atoms with van der Waals surface area (Å²) in [5.41, 5.74) is 0.445. The summed E-state index contributed by atoms with van der Waals surface area (Å²) in [7, 11) is 0. The molecule has 146 valence electrons. The molecule has 1 aliphatic rings. The Balaban J connectivity index is 1.79. The third-order valence-electron chi connectivity index (χ3n) is 4.09. The van der Waals surface area contributed by atoms with Gasteiger partial charge < -0.3 is 9.64 Å². The number of halogens is 4. The lowest BCUT2D eigenvalue weighted by molar-refractivity contribution is -0.141. The maximum absolute atomic E-state index is 13.0. The number of amides is 1. The molecule has 2 aromatic heterocycles. The van der Waals surface area contributed by atoms with E-state index in [4.69, 9.17) is 4.74 Å². The number of nitrogens with zero attached hydrogens (tertiary/aromatic N) is 3. The van der Waals surface area contributed by atoms with Gasteiger partial charge in [-0.1, -0.05) is 12.7 Å². The molecule has 1 amide bonds. The monoisotopic (exact) mass is 393 g/mol. The minimum atomic E-state index is -4.53. The molecule has 2 aromatic rings. The molecule has 0 saturated heterocycles. The summed E-state index contributed by atoms with van der Waals surface area (Å²) in [5.74, 6) is -1.47. The summed E-state index contributed by atoms with van der Waals surface area (Å²) in [6.07, 6.45) is 0.119. The van der Waals surface area contributed by atoms with E-state index < -0.39 is 23.6 Å². The summed E-state index contributed by atoms with van der Waals surface area (Å²) in [6.45, 7) is 3.50. The van der Waals surface area contributed by atoms with Gasteiger partial charge in [-0.3, -0.25) is 4.79 Å². The fraction of sp³-hybridized carbons (Fsp3) is 0.211. The van der Waals surface area contributed by atoms with E-state index in [0.717, 1.165) is 23.9 Å². The van der Waals surface area contributed by atoms with Gasteiger partial charge in [0, 0.05) is 24.8 Å². The highest BCUT2D eigenvalue weighted by Gasteiger charge is 2.32. The van der Waals surface area contributed by atoms with Crippen molar-refractivity contribution in [3.8, 4) is 11.6 Å². The molecule has 28 heavy (non-hydrogen) atoms. The van der Waals surface area contributed by atoms with Crippen molar-refractivity contribution in [3.05, 3.63) is 66.4 Å². The number of ether oxygens (including phenoxy) is 1. The van der Waals surface area contributed by atoms with Crippen molar-refractivity contribution < 1.29 is 27.1 Å². The Morgan fingerprint density at radius 3 is 2.57 bits per heavy atom. The first-order valence-electron chi connectivity index (χ1n) is 8.25. The highest BCUT2D eigenvalue weighted by molar-refractivity contribution is 5.91. The van der Waals surface area contributed by atoms with Crippen molar-refractivity contribution in [2.45, 2.75) is 12.6 Å². The van der Waals surface area contributed by atoms with Crippen LogP contribution in [0.3, 0.4) is 0 Å². The zero-order valence-corrected chi connectivity index (χ0v) is 14.5. The third kappa shape index (κ3) is 4.36. The van der Waals surface area contributed by atoms with Gasteiger partial charge in [-0.2, -0.15) is 13.2 Å². The van der Waals surface area contributed by atoms with E-state index >= 15 is 0 Å². The second kappa shape index (κ2) is 7.79. The molecule has 0 unspecified atom stereocenters. The summed E-state index contributed by atoms with van der Waals surface area (Å²) < 4.78 is 56.4. The van der Waals surface area contributed by atoms with E-state index in [2.05, 4.69) is 16.5 Å². The Hall–Kier alpha value is -3.23. The van der Waals surface area contributed by atoms with Gasteiger partial charge in [0.2, 0.25) is 5.88 Å². The van der Waals surface area contributed by atoms with E-state index in [1.165, 1.54) is 11.1 Å². The van der Waals surface area contributed by atoms with Gasteiger partial charge in [-0.25, -0.2) is 14.4 Å². The van der Waals surface area contributed by atoms with Crippen LogP contribution in [-0.2, 0) is 11.0 Å². The summed E-state index contributed by atoms with van der Waals surface area (Å²) in [6, 6.07) is 5.42. The topological polar surface area (TPSA) is 55.3 Å². The maximum atomic E-state index is 13.0. The lowest BCUT2D eigenvalue weighted by Crippen LogP contribution is -2.34. The molecule has 0 fully saturated rings. The van der Waals surface area contributed by atoms with Crippen molar-refractivity contribution in [2.24, 2.45) is 0 Å². The second-order valence-corrected chi connectivity index (χ2v) is 5.97. The molecule has 1 aliphatic heterocycles. The normalized spacial score (nSPS) is 14.4. The van der Waals surface area contributed by atoms with Gasteiger partial charge in [-0.15, -0.1) is 0 Å². The third-order valence-corrected chi connectivity index (χ3v) is 4.09. The number of carbonyl (C=O) groups excluding carboxylic acids is 1. The van der Waals surface area contributed by atoms with Crippen LogP contribution in [0.25, 0.3) is 5.57 Å². The molecule has 0 radical (unpaired) electrons. The Morgan fingerprint density at radius 1 is 1.21 bits per heavy atom. The van der Waals surface area contributed by atoms with Crippen LogP contribution in [-0.4, -0.2) is 33.9 Å². The van der Waals surface area contributed by atoms with Gasteiger partial charge in [0.15, 0.2) is 5.83 Å². The van der Waals surface area contributed by atoms with Crippen molar-refractivity contribution >= 4 is 11.5 Å². The molecule has 0 N–H and O–H groups in total. The fourth-order valence-corrected chi connectivity index (χ4v) is 2.71. The van der Waals surface area contributed by atoms with Gasteiger partial charge >= 0.3 is 6.18 Å². The average Bonchev–Trinajstić information content (AvgIpc) is 2.68. The lowest BCUT2D eigenvalue weighted by Gasteiger charge is -2.26. The molecule has 0 bridgehead atoms. The van der Waals surface area contributed by atoms with E-state index in [-0.39, 0.29) is 18.2 Å². The van der Waals surface area contributed by atoms with Crippen molar-refractivity contribution in [1.82, 2.24) is 14.9 Å². The number of rotatable bonds is 4. The van der Waals surface area contributed by atoms with E-state index in [0.29, 0.717) is 18.5 Å². The zero-order valence-electron chi connectivity index (χ0n) is 14.5. The minimum Gasteiger partial charge on any atom is -0.437 e. The van der Waals surface area contributed by atoms with Crippen molar-refractivity contribution in [2.75, 3.05) is 13.1 Å². The predicted octanol–water partition coefficient (Wildman–Crippen LogP) is 4.39. The first-order chi connectivity index (χ1) is 13.3. The smallest absolute Gasteiger partial charge is 0.433 e. The van der Waals surface area contributed by atoms with Crippen LogP contribution in [0.15, 0.2) is 55.1 Å². The number of aromatic nitrogens is 2. The lowest BCUT2D eigenvalue weighted by atomic mass is 10.0. The maximum Gasteiger partial charge on any atom is 0.433 e. The summed E-state index contributed by atoms with van der Waals surface area (Å²) in [4.78, 5) is 20.5. The Bertz CT molecular complexity index is 924. The molecule has 0 spiro atoms. The first-order valence-corrected chi connectivity index (χ1v) is 8.25. The Labute approximate surface area is 158 Å². The Kier molecular flexibility index (Phi) is 5.43. The molecule has 0 atom stereocenters. The van der Waals surface area contributed by atoms with Crippen LogP contribution < -0.4 is 4.74 Å². The highest BCUT2D eigenvalue weighted by Crippen LogP contribution is 2.33.